The Bertz CT molecular complexity index is 689. The minimum Gasteiger partial charge on any atom is -0.412 e. The molecule has 122 valence electrons. The van der Waals surface area contributed by atoms with E-state index in [-0.39, 0.29) is 30.3 Å². The molecule has 5 nitrogen and oxygen atoms in total. The number of nitrogens with one attached hydrogen (secondary N) is 2. The van der Waals surface area contributed by atoms with Crippen LogP contribution in [0.3, 0.4) is 0 Å². The summed E-state index contributed by atoms with van der Waals surface area (Å²) in [5.74, 6) is 0.864. The third-order valence-corrected chi connectivity index (χ3v) is 3.60. The number of rotatable bonds is 1. The van der Waals surface area contributed by atoms with E-state index in [9.17, 15) is 0 Å². The van der Waals surface area contributed by atoms with Crippen LogP contribution < -0.4 is 10.6 Å². The largest absolute Gasteiger partial charge is 0.412 e. The number of guanidine groups is 1. The lowest BCUT2D eigenvalue weighted by Gasteiger charge is -2.15. The zero-order valence-corrected chi connectivity index (χ0v) is 14.5. The molecule has 2 heterocycles. The van der Waals surface area contributed by atoms with Crippen molar-refractivity contribution in [1.29, 1.82) is 0 Å². The maximum atomic E-state index is 4.50. The predicted octanol–water partition coefficient (Wildman–Crippen LogP) is 2.55. The molecule has 0 radical (unpaired) electrons. The highest BCUT2D eigenvalue weighted by atomic mass is 35.5. The van der Waals surface area contributed by atoms with E-state index in [1.807, 2.05) is 6.20 Å². The average Bonchev–Trinajstić information content (AvgIpc) is 2.88. The molecule has 22 heavy (non-hydrogen) atoms. The van der Waals surface area contributed by atoms with Gasteiger partial charge in [-0.25, -0.2) is 0 Å². The van der Waals surface area contributed by atoms with Crippen LogP contribution in [0.15, 0.2) is 23.3 Å². The zero-order chi connectivity index (χ0) is 13.4. The lowest BCUT2D eigenvalue weighted by atomic mass is 10.00. The lowest BCUT2D eigenvalue weighted by Crippen LogP contribution is -2.26. The first-order chi connectivity index (χ1) is 9.16. The Morgan fingerprint density at radius 1 is 1.14 bits per heavy atom. The van der Waals surface area contributed by atoms with E-state index in [2.05, 4.69) is 53.5 Å². The minimum atomic E-state index is 0. The second kappa shape index (κ2) is 8.17. The fraction of sp³-hybridized carbons (Fsp3) is 0.333. The van der Waals surface area contributed by atoms with Crippen molar-refractivity contribution in [3.05, 3.63) is 35.0 Å². The summed E-state index contributed by atoms with van der Waals surface area (Å²) in [6.45, 7) is 8.12. The topological polar surface area (TPSA) is 80.8 Å². The first-order valence-corrected chi connectivity index (χ1v) is 6.57. The average molecular weight is 345 g/mol. The van der Waals surface area contributed by atoms with Crippen LogP contribution in [0, 0.1) is 20.8 Å². The van der Waals surface area contributed by atoms with E-state index in [0.717, 1.165) is 30.3 Å². The van der Waals surface area contributed by atoms with Crippen LogP contribution in [0.5, 0.6) is 0 Å². The van der Waals surface area contributed by atoms with Crippen molar-refractivity contribution in [2.45, 2.75) is 20.8 Å². The summed E-state index contributed by atoms with van der Waals surface area (Å²) in [6, 6.07) is 4.20. The van der Waals surface area contributed by atoms with E-state index in [1.165, 1.54) is 22.1 Å². The van der Waals surface area contributed by atoms with Gasteiger partial charge in [0.05, 0.1) is 12.1 Å². The first kappa shape index (κ1) is 20.4. The van der Waals surface area contributed by atoms with Crippen molar-refractivity contribution < 1.29 is 5.48 Å². The molecule has 7 heteroatoms. The molecule has 1 aromatic heterocycles. The molecule has 4 N–H and O–H groups in total. The second-order valence-corrected chi connectivity index (χ2v) is 5.00. The number of nitrogens with zero attached hydrogens (tertiary/aromatic N) is 2. The highest BCUT2D eigenvalue weighted by Crippen LogP contribution is 2.29. The van der Waals surface area contributed by atoms with Crippen LogP contribution in [0.25, 0.3) is 10.9 Å². The number of aliphatic imine (C=N–C) groups is 1. The molecule has 1 aliphatic rings. The van der Waals surface area contributed by atoms with Gasteiger partial charge in [0, 0.05) is 23.8 Å². The lowest BCUT2D eigenvalue weighted by molar-refractivity contribution is 0.824. The number of pyridine rings is 1. The van der Waals surface area contributed by atoms with Crippen LogP contribution in [0.2, 0.25) is 0 Å². The van der Waals surface area contributed by atoms with Crippen LogP contribution >= 0.6 is 24.8 Å². The van der Waals surface area contributed by atoms with E-state index >= 15 is 0 Å². The van der Waals surface area contributed by atoms with Gasteiger partial charge in [-0.3, -0.25) is 9.98 Å². The van der Waals surface area contributed by atoms with E-state index in [1.54, 1.807) is 0 Å². The van der Waals surface area contributed by atoms with Gasteiger partial charge in [0.25, 0.3) is 0 Å². The first-order valence-electron chi connectivity index (χ1n) is 6.57. The Morgan fingerprint density at radius 3 is 2.50 bits per heavy atom. The molecular formula is C15H22Cl2N4O. The SMILES string of the molecule is Cc1cc(NC2=NCCN2)c(C)c2c(C)ccnc12.Cl.Cl.O. The maximum absolute atomic E-state index is 4.50. The zero-order valence-electron chi connectivity index (χ0n) is 12.9. The van der Waals surface area contributed by atoms with E-state index < -0.39 is 0 Å². The fourth-order valence-corrected chi connectivity index (χ4v) is 2.60. The van der Waals surface area contributed by atoms with Gasteiger partial charge in [-0.05, 0) is 49.6 Å². The van der Waals surface area contributed by atoms with Crippen molar-refractivity contribution >= 4 is 47.4 Å². The molecule has 1 aromatic carbocycles. The van der Waals surface area contributed by atoms with Crippen molar-refractivity contribution in [3.8, 4) is 0 Å². The summed E-state index contributed by atoms with van der Waals surface area (Å²) in [7, 11) is 0. The van der Waals surface area contributed by atoms with E-state index in [4.69, 9.17) is 0 Å². The molecule has 0 unspecified atom stereocenters. The Labute approximate surface area is 142 Å². The van der Waals surface area contributed by atoms with Gasteiger partial charge in [-0.1, -0.05) is 0 Å². The van der Waals surface area contributed by atoms with Crippen LogP contribution in [-0.2, 0) is 0 Å². The fourth-order valence-electron chi connectivity index (χ4n) is 2.60. The Morgan fingerprint density at radius 2 is 1.86 bits per heavy atom. The van der Waals surface area contributed by atoms with Crippen molar-refractivity contribution in [1.82, 2.24) is 10.3 Å². The number of aryl methyl sites for hydroxylation is 3. The minimum absolute atomic E-state index is 0. The van der Waals surface area contributed by atoms with Crippen molar-refractivity contribution in [2.24, 2.45) is 4.99 Å². The summed E-state index contributed by atoms with van der Waals surface area (Å²) in [5.41, 5.74) is 5.86. The summed E-state index contributed by atoms with van der Waals surface area (Å²) >= 11 is 0. The maximum Gasteiger partial charge on any atom is 0.195 e. The molecule has 0 atom stereocenters. The number of hydrogen-bond acceptors (Lipinski definition) is 4. The molecule has 2 aromatic rings. The van der Waals surface area contributed by atoms with E-state index in [0.29, 0.717) is 0 Å². The third-order valence-electron chi connectivity index (χ3n) is 3.60. The number of hydrogen-bond donors (Lipinski definition) is 2. The normalized spacial score (nSPS) is 12.4. The number of benzene rings is 1. The molecule has 0 saturated heterocycles. The van der Waals surface area contributed by atoms with Crippen LogP contribution in [0.1, 0.15) is 16.7 Å². The molecule has 0 bridgehead atoms. The second-order valence-electron chi connectivity index (χ2n) is 5.00. The standard InChI is InChI=1S/C15H18N4.2ClH.H2O/c1-9-4-5-16-14-10(2)8-12(11(3)13(9)14)19-15-17-6-7-18-15;;;/h4-5,8H,6-7H2,1-3H3,(H2,17,18,19);2*1H;1H2. The van der Waals surface area contributed by atoms with Gasteiger partial charge >= 0.3 is 0 Å². The highest BCUT2D eigenvalue weighted by molar-refractivity contribution is 6.00. The predicted molar refractivity (Wildman–Crippen MR) is 98.0 cm³/mol. The van der Waals surface area contributed by atoms with Crippen LogP contribution in [0.4, 0.5) is 5.69 Å². The Kier molecular flexibility index (Phi) is 7.59. The molecule has 3 rings (SSSR count). The number of aromatic nitrogens is 1. The Balaban J connectivity index is 0.00000147. The monoisotopic (exact) mass is 344 g/mol. The van der Waals surface area contributed by atoms with Gasteiger partial charge in [-0.2, -0.15) is 0 Å². The summed E-state index contributed by atoms with van der Waals surface area (Å²) in [5, 5.41) is 7.86. The Hall–Kier alpha value is -1.56. The van der Waals surface area contributed by atoms with Gasteiger partial charge in [0.2, 0.25) is 0 Å². The van der Waals surface area contributed by atoms with Gasteiger partial charge in [-0.15, -0.1) is 24.8 Å². The molecular weight excluding hydrogens is 323 g/mol. The molecule has 0 spiro atoms. The number of halogens is 2. The van der Waals surface area contributed by atoms with Gasteiger partial charge in [0.1, 0.15) is 0 Å². The molecule has 1 aliphatic heterocycles. The number of anilines is 1. The van der Waals surface area contributed by atoms with Gasteiger partial charge < -0.3 is 16.1 Å². The smallest absolute Gasteiger partial charge is 0.195 e. The molecule has 0 aliphatic carbocycles. The summed E-state index contributed by atoms with van der Waals surface area (Å²) < 4.78 is 0. The highest BCUT2D eigenvalue weighted by Gasteiger charge is 2.12. The number of fused-ring (bicyclic) bond motifs is 1. The molecule has 0 saturated carbocycles. The quantitative estimate of drug-likeness (QED) is 0.833. The summed E-state index contributed by atoms with van der Waals surface area (Å²) in [4.78, 5) is 8.88. The molecule has 0 fully saturated rings. The van der Waals surface area contributed by atoms with Gasteiger partial charge in [0.15, 0.2) is 5.96 Å². The summed E-state index contributed by atoms with van der Waals surface area (Å²) in [6.07, 6.45) is 1.87. The third kappa shape index (κ3) is 3.61. The van der Waals surface area contributed by atoms with Crippen molar-refractivity contribution in [2.75, 3.05) is 18.4 Å². The van der Waals surface area contributed by atoms with Crippen molar-refractivity contribution in [3.63, 3.8) is 0 Å². The van der Waals surface area contributed by atoms with Crippen LogP contribution in [-0.4, -0.2) is 29.5 Å². The molecule has 0 amide bonds.